The van der Waals surface area contributed by atoms with E-state index < -0.39 is 0 Å². The molecule has 216 valence electrons. The number of aryl methyl sites for hydroxylation is 1. The van der Waals surface area contributed by atoms with Gasteiger partial charge in [-0.25, -0.2) is 4.31 Å². The second-order valence-corrected chi connectivity index (χ2v) is 13.4. The highest BCUT2D eigenvalue weighted by atomic mass is 32.2. The van der Waals surface area contributed by atoms with Crippen molar-refractivity contribution >= 4 is 36.1 Å². The number of nitrogens with two attached hydrogens (primary N) is 1. The van der Waals surface area contributed by atoms with E-state index in [0.717, 1.165) is 43.7 Å². The van der Waals surface area contributed by atoms with Gasteiger partial charge in [-0.2, -0.15) is 0 Å². The zero-order valence-electron chi connectivity index (χ0n) is 24.5. The molecule has 1 aliphatic heterocycles. The first-order chi connectivity index (χ1) is 19.0. The largest absolute Gasteiger partial charge is 0.330 e. The Kier molecular flexibility index (Phi) is 15.0. The van der Waals surface area contributed by atoms with Crippen molar-refractivity contribution in [3.05, 3.63) is 54.1 Å². The third-order valence-corrected chi connectivity index (χ3v) is 9.43. The second-order valence-electron chi connectivity index (χ2n) is 11.2. The number of piperidine rings is 1. The molecule has 0 amide bonds. The van der Waals surface area contributed by atoms with Gasteiger partial charge in [-0.3, -0.25) is 4.99 Å². The highest BCUT2D eigenvalue weighted by molar-refractivity contribution is 7.99. The normalized spacial score (nSPS) is 17.0. The minimum Gasteiger partial charge on any atom is -0.330 e. The lowest BCUT2D eigenvalue weighted by molar-refractivity contribution is 0.147. The van der Waals surface area contributed by atoms with Crippen LogP contribution in [0, 0.1) is 12.8 Å². The van der Waals surface area contributed by atoms with Crippen LogP contribution >= 0.6 is 23.7 Å². The summed E-state index contributed by atoms with van der Waals surface area (Å²) >= 11 is 3.69. The molecule has 1 heterocycles. The molecule has 2 fully saturated rings. The van der Waals surface area contributed by atoms with Crippen LogP contribution in [0.15, 0.2) is 63.3 Å². The van der Waals surface area contributed by atoms with Crippen LogP contribution in [-0.2, 0) is 0 Å². The van der Waals surface area contributed by atoms with Crippen LogP contribution in [0.3, 0.4) is 0 Å². The first-order valence-corrected chi connectivity index (χ1v) is 16.6. The number of rotatable bonds is 13. The Morgan fingerprint density at radius 2 is 1.79 bits per heavy atom. The van der Waals surface area contributed by atoms with Gasteiger partial charge in [0.15, 0.2) is 0 Å². The van der Waals surface area contributed by atoms with E-state index >= 15 is 0 Å². The molecular weight excluding hydrogens is 519 g/mol. The van der Waals surface area contributed by atoms with Crippen molar-refractivity contribution in [2.75, 3.05) is 38.6 Å². The molecule has 2 aliphatic rings. The molecule has 0 unspecified atom stereocenters. The monoisotopic (exact) mass is 569 g/mol. The summed E-state index contributed by atoms with van der Waals surface area (Å²) in [5.41, 5.74) is 8.05. The molecule has 1 saturated heterocycles. The predicted octanol–water partition coefficient (Wildman–Crippen LogP) is 7.37. The van der Waals surface area contributed by atoms with E-state index in [2.05, 4.69) is 77.3 Å². The van der Waals surface area contributed by atoms with Gasteiger partial charge in [-0.05, 0) is 101 Å². The van der Waals surface area contributed by atoms with Crippen molar-refractivity contribution < 1.29 is 0 Å². The number of hydrogen-bond acceptors (Lipinski definition) is 7. The molecule has 0 spiro atoms. The van der Waals surface area contributed by atoms with E-state index in [0.29, 0.717) is 12.0 Å². The highest BCUT2D eigenvalue weighted by Gasteiger charge is 2.26. The summed E-state index contributed by atoms with van der Waals surface area (Å²) in [6.07, 6.45) is 9.26. The molecule has 2 aromatic rings. The lowest BCUT2D eigenvalue weighted by Gasteiger charge is -2.36. The van der Waals surface area contributed by atoms with Gasteiger partial charge in [-0.1, -0.05) is 62.6 Å². The van der Waals surface area contributed by atoms with Crippen molar-refractivity contribution in [2.24, 2.45) is 16.6 Å². The molecule has 5 nitrogen and oxygen atoms in total. The molecular formula is C32H51N5S2. The van der Waals surface area contributed by atoms with Gasteiger partial charge in [0.2, 0.25) is 0 Å². The zero-order valence-corrected chi connectivity index (χ0v) is 26.1. The second kappa shape index (κ2) is 18.2. The van der Waals surface area contributed by atoms with Crippen LogP contribution in [0.1, 0.15) is 64.4 Å². The number of thioether (sulfide) groups is 1. The topological polar surface area (TPSA) is 56.9 Å². The molecule has 4 rings (SSSR count). The zero-order chi connectivity index (χ0) is 27.9. The minimum absolute atomic E-state index is 0.632. The van der Waals surface area contributed by atoms with Crippen molar-refractivity contribution in [2.45, 2.75) is 87.6 Å². The number of nitrogens with zero attached hydrogens (tertiary/aromatic N) is 3. The number of nitrogens with one attached hydrogen (secondary N) is 1. The summed E-state index contributed by atoms with van der Waals surface area (Å²) in [5.74, 6) is 1.56. The Bertz CT molecular complexity index is 941. The summed E-state index contributed by atoms with van der Waals surface area (Å²) in [5, 5.41) is 3.79. The lowest BCUT2D eigenvalue weighted by Crippen LogP contribution is -2.45. The highest BCUT2D eigenvalue weighted by Crippen LogP contribution is 2.35. The molecule has 0 bridgehead atoms. The molecule has 7 heteroatoms. The van der Waals surface area contributed by atoms with E-state index in [1.54, 1.807) is 0 Å². The standard InChI is InChI=1S/C25H43N5S2.C7H8/c1-20(2)18-30(14-6-13-26)32-23-9-10-24(27-3)25(17-23)31-19-28-21-11-15-29(16-12-21)22-7-4-5-8-22;1-7-5-3-2-4-6-7/h9-10,17,20-22,28H,3-8,11-16,18-19,26H2,1-2H3;2-6H,1H3. The summed E-state index contributed by atoms with van der Waals surface area (Å²) in [4.78, 5) is 9.48. The molecule has 0 radical (unpaired) electrons. The van der Waals surface area contributed by atoms with Crippen molar-refractivity contribution in [1.29, 1.82) is 0 Å². The first kappa shape index (κ1) is 32.2. The van der Waals surface area contributed by atoms with Gasteiger partial charge in [0.25, 0.3) is 0 Å². The Morgan fingerprint density at radius 1 is 1.08 bits per heavy atom. The Hall–Kier alpha value is -1.35. The van der Waals surface area contributed by atoms with E-state index in [-0.39, 0.29) is 0 Å². The molecule has 0 aromatic heterocycles. The maximum absolute atomic E-state index is 5.75. The molecule has 3 N–H and O–H groups in total. The van der Waals surface area contributed by atoms with Gasteiger partial charge in [0.1, 0.15) is 0 Å². The van der Waals surface area contributed by atoms with Crippen molar-refractivity contribution in [3.8, 4) is 0 Å². The fraction of sp³-hybridized carbons (Fsp3) is 0.594. The van der Waals surface area contributed by atoms with E-state index in [4.69, 9.17) is 5.73 Å². The Labute approximate surface area is 246 Å². The number of aliphatic imine (C=N–C) groups is 1. The summed E-state index contributed by atoms with van der Waals surface area (Å²) in [6, 6.07) is 18.3. The van der Waals surface area contributed by atoms with Crippen LogP contribution in [0.5, 0.6) is 0 Å². The molecule has 1 aliphatic carbocycles. The number of hydrogen-bond donors (Lipinski definition) is 2. The number of benzene rings is 2. The smallest absolute Gasteiger partial charge is 0.0759 e. The van der Waals surface area contributed by atoms with E-state index in [1.165, 1.54) is 67.0 Å². The minimum atomic E-state index is 0.632. The van der Waals surface area contributed by atoms with Gasteiger partial charge < -0.3 is 16.0 Å². The third kappa shape index (κ3) is 12.0. The maximum Gasteiger partial charge on any atom is 0.0759 e. The Balaban J connectivity index is 0.000000520. The van der Waals surface area contributed by atoms with Crippen LogP contribution in [-0.4, -0.2) is 66.6 Å². The summed E-state index contributed by atoms with van der Waals surface area (Å²) < 4.78 is 2.44. The van der Waals surface area contributed by atoms with Crippen LogP contribution in [0.25, 0.3) is 0 Å². The van der Waals surface area contributed by atoms with Crippen LogP contribution in [0.2, 0.25) is 0 Å². The lowest BCUT2D eigenvalue weighted by atomic mass is 10.0. The van der Waals surface area contributed by atoms with Crippen molar-refractivity contribution in [3.63, 3.8) is 0 Å². The SMILES string of the molecule is C=Nc1ccc(SN(CCCN)CC(C)C)cc1SCNC1CCN(C2CCCC2)CC1.Cc1ccccc1. The maximum atomic E-state index is 5.75. The van der Waals surface area contributed by atoms with Crippen LogP contribution < -0.4 is 11.1 Å². The summed E-state index contributed by atoms with van der Waals surface area (Å²) in [6.45, 7) is 15.7. The van der Waals surface area contributed by atoms with Crippen LogP contribution in [0.4, 0.5) is 5.69 Å². The van der Waals surface area contributed by atoms with E-state index in [1.807, 2.05) is 41.9 Å². The van der Waals surface area contributed by atoms with Gasteiger partial charge >= 0.3 is 0 Å². The molecule has 1 saturated carbocycles. The first-order valence-electron chi connectivity index (χ1n) is 14.8. The predicted molar refractivity (Wildman–Crippen MR) is 173 cm³/mol. The molecule has 0 atom stereocenters. The average molecular weight is 570 g/mol. The Morgan fingerprint density at radius 3 is 2.38 bits per heavy atom. The van der Waals surface area contributed by atoms with Gasteiger partial charge in [0.05, 0.1) is 5.69 Å². The quantitative estimate of drug-likeness (QED) is 0.114. The fourth-order valence-electron chi connectivity index (χ4n) is 5.31. The molecule has 39 heavy (non-hydrogen) atoms. The number of likely N-dealkylation sites (tertiary alicyclic amines) is 1. The van der Waals surface area contributed by atoms with E-state index in [9.17, 15) is 0 Å². The average Bonchev–Trinajstić information content (AvgIpc) is 3.48. The van der Waals surface area contributed by atoms with Gasteiger partial charge in [0, 0.05) is 40.8 Å². The summed E-state index contributed by atoms with van der Waals surface area (Å²) in [7, 11) is 0. The van der Waals surface area contributed by atoms with Gasteiger partial charge in [-0.15, -0.1) is 11.8 Å². The fourth-order valence-corrected chi connectivity index (χ4v) is 7.54. The molecule has 2 aromatic carbocycles. The third-order valence-electron chi connectivity index (χ3n) is 7.43. The van der Waals surface area contributed by atoms with Crippen molar-refractivity contribution in [1.82, 2.24) is 14.5 Å².